The standard InChI is InChI=1S/C23H24N8O4/c1-23(2,3)35-20(32)16-10-15(8-7-12(16)11-24)33-19-17(25)18(26)30-22(31-19)34-14-6-4-5-13(9-14)29-21(27)28/h4-10H,25H2,1-3H3,(H2,26,30,31)(H4,27,28,29). The second kappa shape index (κ2) is 9.84. The zero-order valence-electron chi connectivity index (χ0n) is 19.2. The molecule has 0 amide bonds. The van der Waals surface area contributed by atoms with E-state index in [1.54, 1.807) is 45.0 Å². The van der Waals surface area contributed by atoms with Crippen molar-refractivity contribution in [1.82, 2.24) is 9.97 Å². The van der Waals surface area contributed by atoms with Crippen molar-refractivity contribution in [2.45, 2.75) is 26.4 Å². The van der Waals surface area contributed by atoms with Gasteiger partial charge in [0.25, 0.3) is 5.88 Å². The van der Waals surface area contributed by atoms with Gasteiger partial charge in [-0.3, -0.25) is 5.41 Å². The molecule has 2 aromatic carbocycles. The number of nitrogens with zero attached hydrogens (tertiary/aromatic N) is 3. The molecule has 12 nitrogen and oxygen atoms in total. The van der Waals surface area contributed by atoms with Crippen molar-refractivity contribution in [3.63, 3.8) is 0 Å². The fourth-order valence-corrected chi connectivity index (χ4v) is 2.76. The summed E-state index contributed by atoms with van der Waals surface area (Å²) in [4.78, 5) is 20.7. The molecule has 35 heavy (non-hydrogen) atoms. The van der Waals surface area contributed by atoms with Crippen LogP contribution in [-0.2, 0) is 4.74 Å². The topological polar surface area (TPSA) is 208 Å². The van der Waals surface area contributed by atoms with Crippen LogP contribution in [-0.4, -0.2) is 27.5 Å². The number of nitrogens with two attached hydrogens (primary N) is 3. The third kappa shape index (κ3) is 6.48. The van der Waals surface area contributed by atoms with Gasteiger partial charge in [-0.15, -0.1) is 0 Å². The van der Waals surface area contributed by atoms with Crippen LogP contribution in [0.1, 0.15) is 36.7 Å². The van der Waals surface area contributed by atoms with Gasteiger partial charge < -0.3 is 36.7 Å². The number of hydrogen-bond acceptors (Lipinski definition) is 10. The number of hydrogen-bond donors (Lipinski definition) is 5. The Hall–Kier alpha value is -5.05. The lowest BCUT2D eigenvalue weighted by Gasteiger charge is -2.20. The molecule has 0 aliphatic rings. The van der Waals surface area contributed by atoms with Crippen molar-refractivity contribution in [3.05, 3.63) is 53.6 Å². The maximum absolute atomic E-state index is 12.6. The number of carbonyl (C=O) groups excluding carboxylic acids is 1. The number of carbonyl (C=O) groups is 1. The van der Waals surface area contributed by atoms with Gasteiger partial charge in [-0.1, -0.05) is 6.07 Å². The quantitative estimate of drug-likeness (QED) is 0.198. The van der Waals surface area contributed by atoms with Gasteiger partial charge in [0, 0.05) is 11.8 Å². The lowest BCUT2D eigenvalue weighted by Crippen LogP contribution is -2.24. The zero-order chi connectivity index (χ0) is 25.8. The van der Waals surface area contributed by atoms with Gasteiger partial charge in [-0.05, 0) is 51.1 Å². The van der Waals surface area contributed by atoms with E-state index in [0.717, 1.165) is 0 Å². The number of benzene rings is 2. The summed E-state index contributed by atoms with van der Waals surface area (Å²) in [5.74, 6) is -0.642. The Morgan fingerprint density at radius 3 is 2.46 bits per heavy atom. The largest absolute Gasteiger partial charge is 0.456 e. The molecule has 0 saturated carbocycles. The number of nitrogens with one attached hydrogen (secondary N) is 2. The lowest BCUT2D eigenvalue weighted by molar-refractivity contribution is 0.00688. The number of esters is 1. The van der Waals surface area contributed by atoms with E-state index in [9.17, 15) is 10.1 Å². The van der Waals surface area contributed by atoms with E-state index in [2.05, 4.69) is 15.3 Å². The second-order valence-corrected chi connectivity index (χ2v) is 8.20. The average Bonchev–Trinajstić information content (AvgIpc) is 2.75. The van der Waals surface area contributed by atoms with E-state index in [4.69, 9.17) is 36.8 Å². The van der Waals surface area contributed by atoms with E-state index in [0.29, 0.717) is 11.4 Å². The highest BCUT2D eigenvalue weighted by molar-refractivity contribution is 5.93. The van der Waals surface area contributed by atoms with Crippen LogP contribution in [0.3, 0.4) is 0 Å². The number of aromatic nitrogens is 2. The molecule has 3 rings (SSSR count). The Morgan fingerprint density at radius 1 is 1.09 bits per heavy atom. The highest BCUT2D eigenvalue weighted by Gasteiger charge is 2.22. The first-order chi connectivity index (χ1) is 16.4. The van der Waals surface area contributed by atoms with Gasteiger partial charge in [-0.2, -0.15) is 15.2 Å². The molecule has 1 heterocycles. The molecule has 0 spiro atoms. The summed E-state index contributed by atoms with van der Waals surface area (Å²) in [5, 5.41) is 19.3. The Bertz CT molecular complexity index is 1330. The Kier molecular flexibility index (Phi) is 6.91. The van der Waals surface area contributed by atoms with Gasteiger partial charge in [0.05, 0.1) is 11.1 Å². The van der Waals surface area contributed by atoms with Gasteiger partial charge in [0.2, 0.25) is 0 Å². The van der Waals surface area contributed by atoms with Crippen LogP contribution in [0, 0.1) is 16.7 Å². The maximum atomic E-state index is 12.6. The smallest absolute Gasteiger partial charge is 0.340 e. The fourth-order valence-electron chi connectivity index (χ4n) is 2.76. The number of rotatable bonds is 6. The number of ether oxygens (including phenoxy) is 3. The second-order valence-electron chi connectivity index (χ2n) is 8.20. The molecule has 0 aliphatic carbocycles. The van der Waals surface area contributed by atoms with E-state index in [1.165, 1.54) is 18.2 Å². The molecule has 0 fully saturated rings. The molecule has 180 valence electrons. The number of anilines is 3. The molecular weight excluding hydrogens is 452 g/mol. The van der Waals surface area contributed by atoms with E-state index in [-0.39, 0.29) is 46.2 Å². The minimum Gasteiger partial charge on any atom is -0.456 e. The molecule has 0 aliphatic heterocycles. The third-order valence-corrected chi connectivity index (χ3v) is 4.19. The van der Waals surface area contributed by atoms with Crippen molar-refractivity contribution < 1.29 is 19.0 Å². The molecule has 1 aromatic heterocycles. The predicted molar refractivity (Wildman–Crippen MR) is 129 cm³/mol. The van der Waals surface area contributed by atoms with Gasteiger partial charge in [0.1, 0.15) is 28.9 Å². The van der Waals surface area contributed by atoms with Crippen molar-refractivity contribution in [2.75, 3.05) is 16.8 Å². The molecule has 12 heteroatoms. The summed E-state index contributed by atoms with van der Waals surface area (Å²) >= 11 is 0. The highest BCUT2D eigenvalue weighted by atomic mass is 16.6. The maximum Gasteiger partial charge on any atom is 0.340 e. The first-order valence-corrected chi connectivity index (χ1v) is 10.2. The number of nitrogen functional groups attached to an aromatic ring is 2. The van der Waals surface area contributed by atoms with Crippen LogP contribution in [0.15, 0.2) is 42.5 Å². The summed E-state index contributed by atoms with van der Waals surface area (Å²) in [6, 6.07) is 12.6. The first-order valence-electron chi connectivity index (χ1n) is 10.2. The van der Waals surface area contributed by atoms with Crippen molar-refractivity contribution in [1.29, 1.82) is 10.7 Å². The van der Waals surface area contributed by atoms with E-state index in [1.807, 2.05) is 6.07 Å². The van der Waals surface area contributed by atoms with E-state index >= 15 is 0 Å². The van der Waals surface area contributed by atoms with Crippen LogP contribution in [0.5, 0.6) is 23.4 Å². The Balaban J connectivity index is 1.90. The lowest BCUT2D eigenvalue weighted by atomic mass is 10.1. The van der Waals surface area contributed by atoms with Crippen molar-refractivity contribution in [3.8, 4) is 29.5 Å². The van der Waals surface area contributed by atoms with E-state index < -0.39 is 11.6 Å². The SMILES string of the molecule is CC(C)(C)OC(=O)c1cc(Oc2nc(Oc3cccc(NC(=N)N)c3)nc(N)c2N)ccc1C#N. The summed E-state index contributed by atoms with van der Waals surface area (Å²) in [6.45, 7) is 5.15. The minimum absolute atomic E-state index is 0.0202. The fraction of sp³-hybridized carbons (Fsp3) is 0.174. The monoisotopic (exact) mass is 476 g/mol. The molecule has 0 saturated heterocycles. The van der Waals surface area contributed by atoms with Crippen LogP contribution in [0.4, 0.5) is 17.2 Å². The predicted octanol–water partition coefficient (Wildman–Crippen LogP) is 3.36. The van der Waals surface area contributed by atoms with Gasteiger partial charge in [0.15, 0.2) is 11.8 Å². The van der Waals surface area contributed by atoms with Crippen LogP contribution >= 0.6 is 0 Å². The summed E-state index contributed by atoms with van der Waals surface area (Å²) in [5.41, 5.74) is 17.1. The summed E-state index contributed by atoms with van der Waals surface area (Å²) in [7, 11) is 0. The number of nitriles is 1. The minimum atomic E-state index is -0.754. The third-order valence-electron chi connectivity index (χ3n) is 4.19. The molecule has 3 aromatic rings. The molecule has 0 bridgehead atoms. The van der Waals surface area contributed by atoms with Gasteiger partial charge >= 0.3 is 12.0 Å². The van der Waals surface area contributed by atoms with Crippen LogP contribution in [0.2, 0.25) is 0 Å². The molecule has 0 atom stereocenters. The van der Waals surface area contributed by atoms with Gasteiger partial charge in [-0.25, -0.2) is 4.79 Å². The highest BCUT2D eigenvalue weighted by Crippen LogP contribution is 2.33. The number of guanidine groups is 1. The molecule has 8 N–H and O–H groups in total. The summed E-state index contributed by atoms with van der Waals surface area (Å²) in [6.07, 6.45) is 0. The van der Waals surface area contributed by atoms with Crippen molar-refractivity contribution in [2.24, 2.45) is 5.73 Å². The molecule has 0 radical (unpaired) electrons. The first kappa shape index (κ1) is 24.6. The van der Waals surface area contributed by atoms with Crippen LogP contribution < -0.4 is 32.0 Å². The average molecular weight is 476 g/mol. The zero-order valence-corrected chi connectivity index (χ0v) is 19.2. The van der Waals surface area contributed by atoms with Crippen molar-refractivity contribution >= 4 is 29.1 Å². The Labute approximate surface area is 201 Å². The van der Waals surface area contributed by atoms with Crippen LogP contribution in [0.25, 0.3) is 0 Å². The molecular formula is C23H24N8O4. The summed E-state index contributed by atoms with van der Waals surface area (Å²) < 4.78 is 16.8. The molecule has 0 unspecified atom stereocenters. The Morgan fingerprint density at radius 2 is 1.80 bits per heavy atom. The normalized spacial score (nSPS) is 10.7.